The first kappa shape index (κ1) is 17.7. The Labute approximate surface area is 147 Å². The molecule has 0 amide bonds. The molecule has 2 aromatic rings. The SMILES string of the molecule is CCOc1cc(C#N)cc(Br)c1OC(=O)C=Cc1ccc(F)cc1. The van der Waals surface area contributed by atoms with Crippen LogP contribution >= 0.6 is 15.9 Å². The Hall–Kier alpha value is -2.65. The highest BCUT2D eigenvalue weighted by atomic mass is 79.9. The van der Waals surface area contributed by atoms with Crippen molar-refractivity contribution in [2.45, 2.75) is 6.92 Å². The predicted molar refractivity (Wildman–Crippen MR) is 91.1 cm³/mol. The van der Waals surface area contributed by atoms with Crippen molar-refractivity contribution >= 4 is 28.0 Å². The Bertz CT molecular complexity index is 810. The summed E-state index contributed by atoms with van der Waals surface area (Å²) in [6.07, 6.45) is 2.74. The molecule has 0 heterocycles. The summed E-state index contributed by atoms with van der Waals surface area (Å²) in [6.45, 7) is 2.14. The fraction of sp³-hybridized carbons (Fsp3) is 0.111. The second-order valence-electron chi connectivity index (χ2n) is 4.64. The number of benzene rings is 2. The van der Waals surface area contributed by atoms with Gasteiger partial charge in [-0.15, -0.1) is 0 Å². The van der Waals surface area contributed by atoms with E-state index in [0.717, 1.165) is 0 Å². The molecule has 0 aliphatic heterocycles. The van der Waals surface area contributed by atoms with E-state index in [9.17, 15) is 9.18 Å². The van der Waals surface area contributed by atoms with Crippen molar-refractivity contribution in [1.82, 2.24) is 0 Å². The van der Waals surface area contributed by atoms with E-state index in [-0.39, 0.29) is 11.6 Å². The first-order valence-corrected chi connectivity index (χ1v) is 7.84. The fourth-order valence-corrected chi connectivity index (χ4v) is 2.39. The van der Waals surface area contributed by atoms with E-state index in [1.54, 1.807) is 19.1 Å². The summed E-state index contributed by atoms with van der Waals surface area (Å²) in [5.74, 6) is -0.472. The zero-order valence-corrected chi connectivity index (χ0v) is 14.3. The van der Waals surface area contributed by atoms with Gasteiger partial charge in [-0.1, -0.05) is 12.1 Å². The summed E-state index contributed by atoms with van der Waals surface area (Å²) in [6, 6.07) is 10.7. The molecule has 24 heavy (non-hydrogen) atoms. The molecule has 0 radical (unpaired) electrons. The summed E-state index contributed by atoms with van der Waals surface area (Å²) in [5, 5.41) is 8.99. The van der Waals surface area contributed by atoms with Crippen LogP contribution in [-0.2, 0) is 4.79 Å². The Kier molecular flexibility index (Phi) is 6.10. The van der Waals surface area contributed by atoms with Crippen LogP contribution in [0.3, 0.4) is 0 Å². The number of carbonyl (C=O) groups excluding carboxylic acids is 1. The molecule has 0 saturated carbocycles. The molecule has 122 valence electrons. The zero-order chi connectivity index (χ0) is 17.5. The maximum Gasteiger partial charge on any atom is 0.336 e. The molecule has 0 N–H and O–H groups in total. The van der Waals surface area contributed by atoms with Gasteiger partial charge in [0.2, 0.25) is 0 Å². The summed E-state index contributed by atoms with van der Waals surface area (Å²) in [7, 11) is 0. The number of hydrogen-bond acceptors (Lipinski definition) is 4. The molecule has 0 aliphatic rings. The Morgan fingerprint density at radius 3 is 2.67 bits per heavy atom. The number of ether oxygens (including phenoxy) is 2. The monoisotopic (exact) mass is 389 g/mol. The summed E-state index contributed by atoms with van der Waals surface area (Å²) >= 11 is 3.27. The third kappa shape index (κ3) is 4.67. The number of esters is 1. The second-order valence-corrected chi connectivity index (χ2v) is 5.49. The van der Waals surface area contributed by atoms with Crippen molar-refractivity contribution in [3.8, 4) is 17.6 Å². The van der Waals surface area contributed by atoms with Crippen molar-refractivity contribution in [2.24, 2.45) is 0 Å². The van der Waals surface area contributed by atoms with Gasteiger partial charge in [0.1, 0.15) is 5.82 Å². The van der Waals surface area contributed by atoms with Gasteiger partial charge in [0.25, 0.3) is 0 Å². The summed E-state index contributed by atoms with van der Waals surface area (Å²) in [4.78, 5) is 12.0. The predicted octanol–water partition coefficient (Wildman–Crippen LogP) is 4.48. The average Bonchev–Trinajstić information content (AvgIpc) is 2.57. The van der Waals surface area contributed by atoms with Gasteiger partial charge in [-0.3, -0.25) is 0 Å². The molecule has 6 heteroatoms. The van der Waals surface area contributed by atoms with Crippen molar-refractivity contribution in [2.75, 3.05) is 6.61 Å². The molecule has 0 atom stereocenters. The lowest BCUT2D eigenvalue weighted by atomic mass is 10.2. The summed E-state index contributed by atoms with van der Waals surface area (Å²) < 4.78 is 24.0. The number of nitriles is 1. The Morgan fingerprint density at radius 2 is 2.04 bits per heavy atom. The standard InChI is InChI=1S/C18H13BrFNO3/c1-2-23-16-10-13(11-21)9-15(19)18(16)24-17(22)8-5-12-3-6-14(20)7-4-12/h3-10H,2H2,1H3. The minimum absolute atomic E-state index is 0.199. The van der Waals surface area contributed by atoms with Crippen LogP contribution < -0.4 is 9.47 Å². The van der Waals surface area contributed by atoms with Crippen LogP contribution in [0.2, 0.25) is 0 Å². The maximum absolute atomic E-state index is 12.8. The smallest absolute Gasteiger partial charge is 0.336 e. The first-order valence-electron chi connectivity index (χ1n) is 7.05. The Morgan fingerprint density at radius 1 is 1.33 bits per heavy atom. The number of nitrogens with zero attached hydrogens (tertiary/aromatic N) is 1. The van der Waals surface area contributed by atoms with E-state index in [2.05, 4.69) is 15.9 Å². The molecule has 0 fully saturated rings. The van der Waals surface area contributed by atoms with E-state index < -0.39 is 5.97 Å². The van der Waals surface area contributed by atoms with Gasteiger partial charge in [-0.05, 0) is 52.7 Å². The van der Waals surface area contributed by atoms with E-state index in [0.29, 0.717) is 28.0 Å². The van der Waals surface area contributed by atoms with Gasteiger partial charge < -0.3 is 9.47 Å². The average molecular weight is 390 g/mol. The van der Waals surface area contributed by atoms with Crippen molar-refractivity contribution in [3.05, 3.63) is 63.9 Å². The number of hydrogen-bond donors (Lipinski definition) is 0. The van der Waals surface area contributed by atoms with Crippen molar-refractivity contribution in [3.63, 3.8) is 0 Å². The highest BCUT2D eigenvalue weighted by molar-refractivity contribution is 9.10. The lowest BCUT2D eigenvalue weighted by Gasteiger charge is -2.11. The lowest BCUT2D eigenvalue weighted by Crippen LogP contribution is -2.07. The van der Waals surface area contributed by atoms with Gasteiger partial charge in [-0.25, -0.2) is 9.18 Å². The molecule has 0 saturated heterocycles. The van der Waals surface area contributed by atoms with Gasteiger partial charge in [0.15, 0.2) is 11.5 Å². The normalized spacial score (nSPS) is 10.4. The van der Waals surface area contributed by atoms with Gasteiger partial charge >= 0.3 is 5.97 Å². The van der Waals surface area contributed by atoms with E-state index in [1.807, 2.05) is 6.07 Å². The summed E-state index contributed by atoms with van der Waals surface area (Å²) in [5.41, 5.74) is 1.05. The molecule has 0 spiro atoms. The number of carbonyl (C=O) groups is 1. The molecule has 2 aromatic carbocycles. The van der Waals surface area contributed by atoms with E-state index >= 15 is 0 Å². The topological polar surface area (TPSA) is 59.3 Å². The molecule has 0 aliphatic carbocycles. The number of halogens is 2. The Balaban J connectivity index is 2.19. The third-order valence-electron chi connectivity index (χ3n) is 2.92. The molecule has 2 rings (SSSR count). The quantitative estimate of drug-likeness (QED) is 0.429. The second kappa shape index (κ2) is 8.27. The van der Waals surface area contributed by atoms with Crippen LogP contribution in [0, 0.1) is 17.1 Å². The maximum atomic E-state index is 12.8. The van der Waals surface area contributed by atoms with Gasteiger partial charge in [0.05, 0.1) is 22.7 Å². The van der Waals surface area contributed by atoms with Gasteiger partial charge in [-0.2, -0.15) is 5.26 Å². The number of rotatable bonds is 5. The molecular formula is C18H13BrFNO3. The van der Waals surface area contributed by atoms with Crippen LogP contribution in [-0.4, -0.2) is 12.6 Å². The third-order valence-corrected chi connectivity index (χ3v) is 3.51. The van der Waals surface area contributed by atoms with Gasteiger partial charge in [0, 0.05) is 12.1 Å². The molecule has 0 aromatic heterocycles. The van der Waals surface area contributed by atoms with Crippen LogP contribution in [0.4, 0.5) is 4.39 Å². The minimum atomic E-state index is -0.620. The van der Waals surface area contributed by atoms with Crippen LogP contribution in [0.1, 0.15) is 18.1 Å². The van der Waals surface area contributed by atoms with Crippen LogP contribution in [0.25, 0.3) is 6.08 Å². The highest BCUT2D eigenvalue weighted by Crippen LogP contribution is 2.37. The molecule has 0 unspecified atom stereocenters. The largest absolute Gasteiger partial charge is 0.490 e. The minimum Gasteiger partial charge on any atom is -0.490 e. The molecule has 4 nitrogen and oxygen atoms in total. The highest BCUT2D eigenvalue weighted by Gasteiger charge is 2.15. The van der Waals surface area contributed by atoms with Crippen molar-refractivity contribution < 1.29 is 18.7 Å². The molecular weight excluding hydrogens is 377 g/mol. The van der Waals surface area contributed by atoms with Crippen LogP contribution in [0.15, 0.2) is 46.9 Å². The molecule has 0 bridgehead atoms. The fourth-order valence-electron chi connectivity index (χ4n) is 1.87. The van der Waals surface area contributed by atoms with E-state index in [4.69, 9.17) is 14.7 Å². The lowest BCUT2D eigenvalue weighted by molar-refractivity contribution is -0.129. The van der Waals surface area contributed by atoms with Crippen molar-refractivity contribution in [1.29, 1.82) is 5.26 Å². The van der Waals surface area contributed by atoms with E-state index in [1.165, 1.54) is 36.4 Å². The zero-order valence-electron chi connectivity index (χ0n) is 12.8. The first-order chi connectivity index (χ1) is 11.5. The van der Waals surface area contributed by atoms with Crippen LogP contribution in [0.5, 0.6) is 11.5 Å².